The Morgan fingerprint density at radius 1 is 1.83 bits per heavy atom. The maximum absolute atomic E-state index is 10.7. The summed E-state index contributed by atoms with van der Waals surface area (Å²) in [5.74, 6) is -0.362. The second kappa shape index (κ2) is 4.37. The Hall–Kier alpha value is -0.680. The highest BCUT2D eigenvalue weighted by Gasteiger charge is 1.95. The van der Waals surface area contributed by atoms with E-state index in [4.69, 9.17) is 0 Å². The topological polar surface area (TPSA) is 39.2 Å². The van der Waals surface area contributed by atoms with E-state index in [-0.39, 0.29) is 5.97 Å². The van der Waals surface area contributed by atoms with Gasteiger partial charge in [-0.2, -0.15) is 0 Å². The molecule has 1 rings (SSSR count). The molecule has 0 aliphatic carbocycles. The lowest BCUT2D eigenvalue weighted by Gasteiger charge is -1.86. The molecule has 0 aliphatic rings. The fraction of sp³-hybridized carbons (Fsp3) is 0.143. The van der Waals surface area contributed by atoms with Crippen molar-refractivity contribution in [2.75, 3.05) is 7.11 Å². The molecule has 0 spiro atoms. The molecular formula is C7H6BrNO2S. The van der Waals surface area contributed by atoms with Crippen LogP contribution in [0.4, 0.5) is 0 Å². The number of rotatable bonds is 2. The predicted octanol–water partition coefficient (Wildman–Crippen LogP) is 2.09. The van der Waals surface area contributed by atoms with Gasteiger partial charge < -0.3 is 4.74 Å². The summed E-state index contributed by atoms with van der Waals surface area (Å²) in [5.41, 5.74) is 0. The van der Waals surface area contributed by atoms with Gasteiger partial charge in [-0.3, -0.25) is 0 Å². The van der Waals surface area contributed by atoms with Crippen LogP contribution in [-0.2, 0) is 9.53 Å². The first-order valence-electron chi connectivity index (χ1n) is 3.09. The van der Waals surface area contributed by atoms with Crippen LogP contribution in [0.2, 0.25) is 0 Å². The van der Waals surface area contributed by atoms with Crippen molar-refractivity contribution in [2.24, 2.45) is 0 Å². The zero-order valence-electron chi connectivity index (χ0n) is 6.28. The van der Waals surface area contributed by atoms with Crippen molar-refractivity contribution in [3.63, 3.8) is 0 Å². The third-order valence-corrected chi connectivity index (χ3v) is 2.52. The molecule has 0 aromatic carbocycles. The number of ether oxygens (including phenoxy) is 1. The number of aromatic nitrogens is 1. The minimum atomic E-state index is -0.362. The lowest BCUT2D eigenvalue weighted by molar-refractivity contribution is -0.134. The quantitative estimate of drug-likeness (QED) is 0.594. The van der Waals surface area contributed by atoms with E-state index in [2.05, 4.69) is 25.7 Å². The molecule has 0 unspecified atom stereocenters. The van der Waals surface area contributed by atoms with Gasteiger partial charge in [0, 0.05) is 17.2 Å². The summed E-state index contributed by atoms with van der Waals surface area (Å²) in [4.78, 5) is 15.5. The minimum absolute atomic E-state index is 0.362. The van der Waals surface area contributed by atoms with Gasteiger partial charge in [-0.25, -0.2) is 9.78 Å². The van der Waals surface area contributed by atoms with Gasteiger partial charge in [0.15, 0.2) is 3.92 Å². The molecule has 12 heavy (non-hydrogen) atoms. The molecular weight excluding hydrogens is 242 g/mol. The third kappa shape index (κ3) is 2.75. The summed E-state index contributed by atoms with van der Waals surface area (Å²) in [6, 6.07) is 0. The van der Waals surface area contributed by atoms with E-state index in [0.717, 1.165) is 8.79 Å². The molecule has 0 bridgehead atoms. The molecule has 0 fully saturated rings. The second-order valence-corrected chi connectivity index (χ2v) is 4.21. The van der Waals surface area contributed by atoms with Crippen molar-refractivity contribution in [3.8, 4) is 0 Å². The van der Waals surface area contributed by atoms with Gasteiger partial charge in [-0.1, -0.05) is 0 Å². The maximum atomic E-state index is 10.7. The lowest BCUT2D eigenvalue weighted by Crippen LogP contribution is -1.92. The molecule has 64 valence electrons. The summed E-state index contributed by atoms with van der Waals surface area (Å²) in [5, 5.41) is 0. The predicted molar refractivity (Wildman–Crippen MR) is 50.9 cm³/mol. The van der Waals surface area contributed by atoms with Crippen LogP contribution in [0.3, 0.4) is 0 Å². The van der Waals surface area contributed by atoms with E-state index in [9.17, 15) is 4.79 Å². The van der Waals surface area contributed by atoms with E-state index in [1.165, 1.54) is 24.5 Å². The van der Waals surface area contributed by atoms with Crippen molar-refractivity contribution in [2.45, 2.75) is 0 Å². The Labute approximate surface area is 82.2 Å². The summed E-state index contributed by atoms with van der Waals surface area (Å²) < 4.78 is 5.22. The highest BCUT2D eigenvalue weighted by atomic mass is 79.9. The molecule has 0 atom stereocenters. The average Bonchev–Trinajstić information content (AvgIpc) is 2.47. The molecule has 0 N–H and O–H groups in total. The number of carbonyl (C=O) groups is 1. The smallest absolute Gasteiger partial charge is 0.330 e. The van der Waals surface area contributed by atoms with E-state index in [1.54, 1.807) is 12.3 Å². The summed E-state index contributed by atoms with van der Waals surface area (Å²) >= 11 is 4.66. The van der Waals surface area contributed by atoms with Crippen LogP contribution in [-0.4, -0.2) is 18.1 Å². The standard InChI is InChI=1S/C7H6BrNO2S/c1-11-6(10)3-2-5-4-9-7(8)12-5/h2-4H,1H3/b3-2+. The Bertz CT molecular complexity index is 308. The van der Waals surface area contributed by atoms with E-state index >= 15 is 0 Å². The minimum Gasteiger partial charge on any atom is -0.466 e. The first kappa shape index (κ1) is 9.41. The van der Waals surface area contributed by atoms with Crippen molar-refractivity contribution >= 4 is 39.3 Å². The Morgan fingerprint density at radius 3 is 3.08 bits per heavy atom. The Balaban J connectivity index is 2.63. The molecule has 3 nitrogen and oxygen atoms in total. The number of carbonyl (C=O) groups excluding carboxylic acids is 1. The van der Waals surface area contributed by atoms with Gasteiger partial charge in [0.2, 0.25) is 0 Å². The highest BCUT2D eigenvalue weighted by molar-refractivity contribution is 9.11. The Morgan fingerprint density at radius 2 is 2.58 bits per heavy atom. The molecule has 0 aliphatic heterocycles. The molecule has 0 saturated heterocycles. The van der Waals surface area contributed by atoms with E-state index in [0.29, 0.717) is 0 Å². The monoisotopic (exact) mass is 247 g/mol. The maximum Gasteiger partial charge on any atom is 0.330 e. The third-order valence-electron chi connectivity index (χ3n) is 1.08. The van der Waals surface area contributed by atoms with Crippen LogP contribution in [0.25, 0.3) is 6.08 Å². The average molecular weight is 248 g/mol. The molecule has 1 heterocycles. The van der Waals surface area contributed by atoms with Crippen molar-refractivity contribution in [1.29, 1.82) is 0 Å². The fourth-order valence-corrected chi connectivity index (χ4v) is 1.76. The second-order valence-electron chi connectivity index (χ2n) is 1.87. The Kier molecular flexibility index (Phi) is 3.43. The van der Waals surface area contributed by atoms with Crippen molar-refractivity contribution in [1.82, 2.24) is 4.98 Å². The van der Waals surface area contributed by atoms with Crippen LogP contribution in [0, 0.1) is 0 Å². The van der Waals surface area contributed by atoms with Gasteiger partial charge in [0.05, 0.1) is 7.11 Å². The van der Waals surface area contributed by atoms with Gasteiger partial charge in [-0.05, 0) is 22.0 Å². The van der Waals surface area contributed by atoms with Gasteiger partial charge >= 0.3 is 5.97 Å². The summed E-state index contributed by atoms with van der Waals surface area (Å²) in [7, 11) is 1.34. The van der Waals surface area contributed by atoms with E-state index in [1.807, 2.05) is 0 Å². The van der Waals surface area contributed by atoms with Crippen LogP contribution in [0.5, 0.6) is 0 Å². The number of halogens is 1. The SMILES string of the molecule is COC(=O)/C=C/c1cnc(Br)s1. The highest BCUT2D eigenvalue weighted by Crippen LogP contribution is 2.19. The molecule has 1 aromatic rings. The van der Waals surface area contributed by atoms with Crippen LogP contribution < -0.4 is 0 Å². The van der Waals surface area contributed by atoms with Crippen LogP contribution >= 0.6 is 27.3 Å². The number of esters is 1. The molecule has 1 aromatic heterocycles. The number of methoxy groups -OCH3 is 1. The fourth-order valence-electron chi connectivity index (χ4n) is 0.560. The zero-order chi connectivity index (χ0) is 8.97. The molecule has 0 radical (unpaired) electrons. The van der Waals surface area contributed by atoms with Crippen molar-refractivity contribution in [3.05, 3.63) is 21.1 Å². The molecule has 0 saturated carbocycles. The van der Waals surface area contributed by atoms with Gasteiger partial charge in [0.25, 0.3) is 0 Å². The summed E-state index contributed by atoms with van der Waals surface area (Å²) in [6.07, 6.45) is 4.70. The zero-order valence-corrected chi connectivity index (χ0v) is 8.68. The van der Waals surface area contributed by atoms with Gasteiger partial charge in [-0.15, -0.1) is 11.3 Å². The summed E-state index contributed by atoms with van der Waals surface area (Å²) in [6.45, 7) is 0. The van der Waals surface area contributed by atoms with E-state index < -0.39 is 0 Å². The van der Waals surface area contributed by atoms with Crippen molar-refractivity contribution < 1.29 is 9.53 Å². The molecule has 0 amide bonds. The number of hydrogen-bond acceptors (Lipinski definition) is 4. The largest absolute Gasteiger partial charge is 0.466 e. The molecule has 5 heteroatoms. The van der Waals surface area contributed by atoms with Crippen LogP contribution in [0.1, 0.15) is 4.88 Å². The first-order valence-corrected chi connectivity index (χ1v) is 4.70. The normalized spacial score (nSPS) is 10.5. The van der Waals surface area contributed by atoms with Crippen LogP contribution in [0.15, 0.2) is 16.2 Å². The number of nitrogens with zero attached hydrogens (tertiary/aromatic N) is 1. The number of thiazole rings is 1. The van der Waals surface area contributed by atoms with Gasteiger partial charge in [0.1, 0.15) is 0 Å². The lowest BCUT2D eigenvalue weighted by atomic mass is 10.4. The number of hydrogen-bond donors (Lipinski definition) is 0. The first-order chi connectivity index (χ1) is 5.72.